The van der Waals surface area contributed by atoms with Crippen molar-refractivity contribution < 1.29 is 4.74 Å². The summed E-state index contributed by atoms with van der Waals surface area (Å²) in [4.78, 5) is 11.4. The normalized spacial score (nSPS) is 17.7. The zero-order chi connectivity index (χ0) is 17.1. The van der Waals surface area contributed by atoms with E-state index in [0.29, 0.717) is 11.8 Å². The SMILES string of the molecule is CNc1nc(OC2CCN(Cc3ccccc3)C2)c2ccccc2n1. The van der Waals surface area contributed by atoms with Crippen molar-refractivity contribution in [2.45, 2.75) is 19.1 Å². The molecule has 0 bridgehead atoms. The first-order chi connectivity index (χ1) is 12.3. The Hall–Kier alpha value is -2.66. The average molecular weight is 334 g/mol. The van der Waals surface area contributed by atoms with Gasteiger partial charge >= 0.3 is 0 Å². The van der Waals surface area contributed by atoms with Crippen LogP contribution in [0.2, 0.25) is 0 Å². The van der Waals surface area contributed by atoms with Gasteiger partial charge in [-0.15, -0.1) is 0 Å². The minimum absolute atomic E-state index is 0.159. The summed E-state index contributed by atoms with van der Waals surface area (Å²) in [5, 5.41) is 3.97. The van der Waals surface area contributed by atoms with Crippen molar-refractivity contribution in [1.29, 1.82) is 0 Å². The minimum atomic E-state index is 0.159. The summed E-state index contributed by atoms with van der Waals surface area (Å²) in [6.07, 6.45) is 1.17. The standard InChI is InChI=1S/C20H22N4O/c1-21-20-22-18-10-6-5-9-17(18)19(23-20)25-16-11-12-24(14-16)13-15-7-3-2-4-8-15/h2-10,16H,11-14H2,1H3,(H,21,22,23). The summed E-state index contributed by atoms with van der Waals surface area (Å²) in [5.41, 5.74) is 2.24. The van der Waals surface area contributed by atoms with Crippen molar-refractivity contribution in [1.82, 2.24) is 14.9 Å². The fraction of sp³-hybridized carbons (Fsp3) is 0.300. The number of fused-ring (bicyclic) bond motifs is 1. The lowest BCUT2D eigenvalue weighted by molar-refractivity contribution is 0.194. The molecule has 1 N–H and O–H groups in total. The lowest BCUT2D eigenvalue weighted by atomic mass is 10.2. The topological polar surface area (TPSA) is 50.3 Å². The van der Waals surface area contributed by atoms with Gasteiger partial charge in [-0.3, -0.25) is 4.90 Å². The Balaban J connectivity index is 1.49. The largest absolute Gasteiger partial charge is 0.472 e. The quantitative estimate of drug-likeness (QED) is 0.776. The highest BCUT2D eigenvalue weighted by atomic mass is 16.5. The van der Waals surface area contributed by atoms with Crippen molar-refractivity contribution in [3.8, 4) is 5.88 Å². The summed E-state index contributed by atoms with van der Waals surface area (Å²) in [6, 6.07) is 18.6. The molecule has 2 aromatic carbocycles. The van der Waals surface area contributed by atoms with E-state index in [-0.39, 0.29) is 6.10 Å². The second-order valence-corrected chi connectivity index (χ2v) is 6.37. The number of ether oxygens (including phenoxy) is 1. The minimum Gasteiger partial charge on any atom is -0.472 e. The first-order valence-electron chi connectivity index (χ1n) is 8.69. The van der Waals surface area contributed by atoms with E-state index < -0.39 is 0 Å². The van der Waals surface area contributed by atoms with E-state index in [1.807, 2.05) is 31.3 Å². The number of nitrogens with zero attached hydrogens (tertiary/aromatic N) is 3. The number of aromatic nitrogens is 2. The van der Waals surface area contributed by atoms with Gasteiger partial charge in [-0.05, 0) is 24.1 Å². The van der Waals surface area contributed by atoms with E-state index in [9.17, 15) is 0 Å². The van der Waals surface area contributed by atoms with Crippen LogP contribution in [0.3, 0.4) is 0 Å². The number of hydrogen-bond donors (Lipinski definition) is 1. The molecule has 25 heavy (non-hydrogen) atoms. The first kappa shape index (κ1) is 15.8. The maximum atomic E-state index is 6.27. The summed E-state index contributed by atoms with van der Waals surface area (Å²) in [6.45, 7) is 2.93. The Morgan fingerprint density at radius 3 is 2.72 bits per heavy atom. The lowest BCUT2D eigenvalue weighted by Crippen LogP contribution is -2.25. The van der Waals surface area contributed by atoms with E-state index in [0.717, 1.165) is 37.0 Å². The van der Waals surface area contributed by atoms with Crippen LogP contribution in [-0.2, 0) is 6.54 Å². The molecule has 128 valence electrons. The number of nitrogens with one attached hydrogen (secondary N) is 1. The van der Waals surface area contributed by atoms with Crippen LogP contribution in [0, 0.1) is 0 Å². The van der Waals surface area contributed by atoms with Gasteiger partial charge in [0.1, 0.15) is 6.10 Å². The van der Waals surface area contributed by atoms with Crippen molar-refractivity contribution in [2.75, 3.05) is 25.5 Å². The first-order valence-corrected chi connectivity index (χ1v) is 8.69. The third kappa shape index (κ3) is 3.56. The van der Waals surface area contributed by atoms with Crippen molar-refractivity contribution in [3.05, 3.63) is 60.2 Å². The van der Waals surface area contributed by atoms with Crippen LogP contribution in [0.5, 0.6) is 5.88 Å². The Bertz CT molecular complexity index is 853. The number of anilines is 1. The Morgan fingerprint density at radius 2 is 1.88 bits per heavy atom. The van der Waals surface area contributed by atoms with E-state index in [1.54, 1.807) is 0 Å². The Morgan fingerprint density at radius 1 is 1.08 bits per heavy atom. The van der Waals surface area contributed by atoms with Crippen molar-refractivity contribution in [2.24, 2.45) is 0 Å². The molecule has 0 amide bonds. The molecule has 1 atom stereocenters. The van der Waals surface area contributed by atoms with Crippen LogP contribution < -0.4 is 10.1 Å². The highest BCUT2D eigenvalue weighted by molar-refractivity contribution is 5.84. The number of likely N-dealkylation sites (tertiary alicyclic amines) is 1. The highest BCUT2D eigenvalue weighted by Gasteiger charge is 2.25. The van der Waals surface area contributed by atoms with Crippen molar-refractivity contribution in [3.63, 3.8) is 0 Å². The van der Waals surface area contributed by atoms with Crippen molar-refractivity contribution >= 4 is 16.9 Å². The van der Waals surface area contributed by atoms with E-state index in [2.05, 4.69) is 50.5 Å². The van der Waals surface area contributed by atoms with Gasteiger partial charge in [-0.25, -0.2) is 4.98 Å². The van der Waals surface area contributed by atoms with Gasteiger partial charge in [0.05, 0.1) is 10.9 Å². The van der Waals surface area contributed by atoms with E-state index in [1.165, 1.54) is 5.56 Å². The number of benzene rings is 2. The Labute approximate surface area is 147 Å². The third-order valence-corrected chi connectivity index (χ3v) is 4.55. The maximum absolute atomic E-state index is 6.27. The molecule has 5 nitrogen and oxygen atoms in total. The molecule has 1 saturated heterocycles. The van der Waals surface area contributed by atoms with Gasteiger partial charge in [-0.1, -0.05) is 42.5 Å². The molecule has 1 aromatic heterocycles. The zero-order valence-corrected chi connectivity index (χ0v) is 14.4. The molecule has 0 spiro atoms. The van der Waals surface area contributed by atoms with Gasteiger partial charge in [0.25, 0.3) is 0 Å². The van der Waals surface area contributed by atoms with E-state index in [4.69, 9.17) is 4.74 Å². The van der Waals surface area contributed by atoms with Crippen LogP contribution in [0.1, 0.15) is 12.0 Å². The molecule has 4 rings (SSSR count). The van der Waals surface area contributed by atoms with Crippen LogP contribution in [0.15, 0.2) is 54.6 Å². The van der Waals surface area contributed by atoms with Crippen LogP contribution >= 0.6 is 0 Å². The maximum Gasteiger partial charge on any atom is 0.226 e. The number of hydrogen-bond acceptors (Lipinski definition) is 5. The second kappa shape index (κ2) is 7.07. The van der Waals surface area contributed by atoms with E-state index >= 15 is 0 Å². The molecule has 2 heterocycles. The summed E-state index contributed by atoms with van der Waals surface area (Å²) in [5.74, 6) is 1.26. The Kier molecular flexibility index (Phi) is 4.48. The molecule has 0 aliphatic carbocycles. The molecule has 0 saturated carbocycles. The zero-order valence-electron chi connectivity index (χ0n) is 14.4. The van der Waals surface area contributed by atoms with Gasteiger partial charge in [-0.2, -0.15) is 4.98 Å². The molecule has 5 heteroatoms. The monoisotopic (exact) mass is 334 g/mol. The summed E-state index contributed by atoms with van der Waals surface area (Å²) in [7, 11) is 1.82. The van der Waals surface area contributed by atoms with Gasteiger partial charge < -0.3 is 10.1 Å². The average Bonchev–Trinajstić information content (AvgIpc) is 3.09. The molecule has 1 aliphatic rings. The van der Waals surface area contributed by atoms with Gasteiger partial charge in [0.2, 0.25) is 11.8 Å². The van der Waals surface area contributed by atoms with Crippen LogP contribution in [0.25, 0.3) is 10.9 Å². The highest BCUT2D eigenvalue weighted by Crippen LogP contribution is 2.26. The fourth-order valence-electron chi connectivity index (χ4n) is 3.29. The predicted octanol–water partition coefficient (Wildman–Crippen LogP) is 3.32. The van der Waals surface area contributed by atoms with Gasteiger partial charge in [0.15, 0.2) is 0 Å². The molecule has 3 aromatic rings. The van der Waals surface area contributed by atoms with Crippen LogP contribution in [0.4, 0.5) is 5.95 Å². The molecule has 1 unspecified atom stereocenters. The van der Waals surface area contributed by atoms with Crippen LogP contribution in [-0.4, -0.2) is 41.1 Å². The summed E-state index contributed by atoms with van der Waals surface area (Å²) >= 11 is 0. The second-order valence-electron chi connectivity index (χ2n) is 6.37. The molecular formula is C20H22N4O. The third-order valence-electron chi connectivity index (χ3n) is 4.55. The number of rotatable bonds is 5. The van der Waals surface area contributed by atoms with Gasteiger partial charge in [0, 0.05) is 26.7 Å². The fourth-order valence-corrected chi connectivity index (χ4v) is 3.29. The smallest absolute Gasteiger partial charge is 0.226 e. The lowest BCUT2D eigenvalue weighted by Gasteiger charge is -2.17. The molecule has 1 fully saturated rings. The summed E-state index contributed by atoms with van der Waals surface area (Å²) < 4.78 is 6.27. The number of para-hydroxylation sites is 1. The molecule has 0 radical (unpaired) electrons. The molecular weight excluding hydrogens is 312 g/mol. The predicted molar refractivity (Wildman–Crippen MR) is 99.8 cm³/mol. The molecule has 1 aliphatic heterocycles.